The Kier molecular flexibility index (Phi) is 10.0. The summed E-state index contributed by atoms with van der Waals surface area (Å²) in [5.41, 5.74) is 2.26. The highest BCUT2D eigenvalue weighted by atomic mass is 32.1. The Hall–Kier alpha value is -2.89. The Bertz CT molecular complexity index is 1300. The van der Waals surface area contributed by atoms with Gasteiger partial charge in [0, 0.05) is 44.9 Å². The Labute approximate surface area is 229 Å². The van der Waals surface area contributed by atoms with Crippen molar-refractivity contribution in [3.05, 3.63) is 63.0 Å². The molecule has 1 saturated carbocycles. The van der Waals surface area contributed by atoms with E-state index in [0.29, 0.717) is 51.1 Å². The van der Waals surface area contributed by atoms with Gasteiger partial charge in [0.25, 0.3) is 0 Å². The Morgan fingerprint density at radius 1 is 1.08 bits per heavy atom. The summed E-state index contributed by atoms with van der Waals surface area (Å²) in [7, 11) is 0. The minimum atomic E-state index is -2.67. The van der Waals surface area contributed by atoms with E-state index in [1.807, 2.05) is 6.07 Å². The van der Waals surface area contributed by atoms with E-state index in [1.165, 1.54) is 12.1 Å². The first-order valence-electron chi connectivity index (χ1n) is 13.4. The van der Waals surface area contributed by atoms with Crippen LogP contribution in [0.2, 0.25) is 0 Å². The van der Waals surface area contributed by atoms with Crippen molar-refractivity contribution in [3.8, 4) is 5.75 Å². The topological polar surface area (TPSA) is 97.5 Å². The van der Waals surface area contributed by atoms with Gasteiger partial charge in [-0.25, -0.2) is 13.2 Å². The van der Waals surface area contributed by atoms with Crippen molar-refractivity contribution in [2.24, 2.45) is 0 Å². The minimum Gasteiger partial charge on any atom is -0.506 e. The average Bonchev–Trinajstić information content (AvgIpc) is 3.30. The Morgan fingerprint density at radius 3 is 2.59 bits per heavy atom. The van der Waals surface area contributed by atoms with E-state index < -0.39 is 5.92 Å². The van der Waals surface area contributed by atoms with Crippen LogP contribution >= 0.6 is 11.3 Å². The number of amides is 1. The first-order chi connectivity index (χ1) is 18.7. The number of phenols is 1. The van der Waals surface area contributed by atoms with Crippen molar-refractivity contribution in [2.45, 2.75) is 56.9 Å². The first-order valence-corrected chi connectivity index (χ1v) is 14.2. The smallest absolute Gasteiger partial charge is 0.305 e. The van der Waals surface area contributed by atoms with E-state index in [9.17, 15) is 27.9 Å². The highest BCUT2D eigenvalue weighted by Crippen LogP contribution is 2.35. The number of carbonyl (C=O) groups is 1. The number of rotatable bonds is 13. The molecule has 0 spiro atoms. The lowest BCUT2D eigenvalue weighted by Crippen LogP contribution is -2.47. The first kappa shape index (κ1) is 29.1. The maximum Gasteiger partial charge on any atom is 0.305 e. The van der Waals surface area contributed by atoms with Gasteiger partial charge >= 0.3 is 4.87 Å². The van der Waals surface area contributed by atoms with E-state index >= 15 is 0 Å². The average molecular weight is 565 g/mol. The highest BCUT2D eigenvalue weighted by Gasteiger charge is 2.37. The summed E-state index contributed by atoms with van der Waals surface area (Å²) in [4.78, 5) is 29.0. The molecule has 1 amide bonds. The molecule has 0 saturated heterocycles. The molecule has 1 aliphatic carbocycles. The number of hydrogen-bond acceptors (Lipinski definition) is 6. The lowest BCUT2D eigenvalue weighted by molar-refractivity contribution is -0.136. The molecule has 0 unspecified atom stereocenters. The zero-order valence-corrected chi connectivity index (χ0v) is 22.6. The fraction of sp³-hybridized carbons (Fsp3) is 0.500. The van der Waals surface area contributed by atoms with E-state index in [-0.39, 0.29) is 60.5 Å². The van der Waals surface area contributed by atoms with Gasteiger partial charge in [-0.15, -0.1) is 0 Å². The van der Waals surface area contributed by atoms with Gasteiger partial charge in [0.2, 0.25) is 11.8 Å². The van der Waals surface area contributed by atoms with E-state index in [1.54, 1.807) is 23.1 Å². The summed E-state index contributed by atoms with van der Waals surface area (Å²) in [6.45, 7) is 2.58. The van der Waals surface area contributed by atoms with Crippen molar-refractivity contribution in [1.29, 1.82) is 0 Å². The molecule has 1 heterocycles. The number of nitrogens with zero attached hydrogens (tertiary/aromatic N) is 1. The maximum atomic E-state index is 13.8. The summed E-state index contributed by atoms with van der Waals surface area (Å²) < 4.78 is 41.6. The molecule has 0 radical (unpaired) electrons. The van der Waals surface area contributed by atoms with E-state index in [0.717, 1.165) is 27.2 Å². The second-order valence-corrected chi connectivity index (χ2v) is 11.0. The summed E-state index contributed by atoms with van der Waals surface area (Å²) in [6.07, 6.45) is 1.67. The number of thiazole rings is 1. The number of alkyl halides is 2. The number of aromatic nitrogens is 1. The molecule has 212 valence electrons. The molecule has 39 heavy (non-hydrogen) atoms. The van der Waals surface area contributed by atoms with Crippen molar-refractivity contribution in [2.75, 3.05) is 32.7 Å². The predicted molar refractivity (Wildman–Crippen MR) is 147 cm³/mol. The largest absolute Gasteiger partial charge is 0.506 e. The Balaban J connectivity index is 1.25. The molecule has 4 rings (SSSR count). The molecule has 4 N–H and O–H groups in total. The number of phenolic OH excluding ortho intramolecular Hbond substituents is 1. The number of halogens is 3. The number of fused-ring (bicyclic) bond motifs is 1. The van der Waals surface area contributed by atoms with Crippen LogP contribution in [-0.2, 0) is 17.6 Å². The van der Waals surface area contributed by atoms with Gasteiger partial charge in [0.1, 0.15) is 17.1 Å². The lowest BCUT2D eigenvalue weighted by atomic mass is 9.91. The van der Waals surface area contributed by atoms with Crippen LogP contribution in [0.3, 0.4) is 0 Å². The van der Waals surface area contributed by atoms with Gasteiger partial charge in [0.05, 0.1) is 4.70 Å². The van der Waals surface area contributed by atoms with Crippen LogP contribution in [0.5, 0.6) is 5.75 Å². The number of aromatic amines is 1. The molecule has 1 fully saturated rings. The highest BCUT2D eigenvalue weighted by molar-refractivity contribution is 7.16. The third kappa shape index (κ3) is 8.30. The van der Waals surface area contributed by atoms with Crippen LogP contribution in [0.25, 0.3) is 10.2 Å². The molecule has 1 aliphatic rings. The van der Waals surface area contributed by atoms with Crippen LogP contribution in [0.4, 0.5) is 13.2 Å². The van der Waals surface area contributed by atoms with Crippen LogP contribution in [0, 0.1) is 5.82 Å². The van der Waals surface area contributed by atoms with Crippen molar-refractivity contribution < 1.29 is 23.1 Å². The number of carbonyl (C=O) groups excluding carboxylic acids is 1. The van der Waals surface area contributed by atoms with E-state index in [4.69, 9.17) is 0 Å². The van der Waals surface area contributed by atoms with Gasteiger partial charge in [0.15, 0.2) is 0 Å². The molecule has 1 aromatic heterocycles. The molecule has 7 nitrogen and oxygen atoms in total. The summed E-state index contributed by atoms with van der Waals surface area (Å²) in [6, 6.07) is 9.56. The predicted octanol–water partition coefficient (Wildman–Crippen LogP) is 4.20. The van der Waals surface area contributed by atoms with Gasteiger partial charge in [-0.2, -0.15) is 0 Å². The molecule has 0 bridgehead atoms. The second kappa shape index (κ2) is 13.5. The minimum absolute atomic E-state index is 0.0377. The van der Waals surface area contributed by atoms with Gasteiger partial charge < -0.3 is 25.6 Å². The third-order valence-corrected chi connectivity index (χ3v) is 8.14. The number of aromatic hydroxyl groups is 1. The number of H-pyrrole nitrogens is 1. The van der Waals surface area contributed by atoms with Crippen LogP contribution < -0.4 is 15.5 Å². The van der Waals surface area contributed by atoms with Crippen molar-refractivity contribution in [3.63, 3.8) is 0 Å². The monoisotopic (exact) mass is 564 g/mol. The molecule has 3 aromatic rings. The fourth-order valence-corrected chi connectivity index (χ4v) is 5.95. The van der Waals surface area contributed by atoms with Crippen LogP contribution in [0.1, 0.15) is 43.2 Å². The SMILES string of the molecule is O=C(CCNCCc1cccc(F)c1)N(CCNCCc1ccc(O)c2[nH]c(=O)sc12)C1CCC(F)(F)CC1. The molecular formula is C28H35F3N4O3S. The zero-order chi connectivity index (χ0) is 27.8. The summed E-state index contributed by atoms with van der Waals surface area (Å²) in [5.74, 6) is -2.97. The number of nitrogens with one attached hydrogen (secondary N) is 3. The standard InChI is InChI=1S/C28H35F3N4O3S/c29-21-3-1-2-19(18-21)8-13-32-15-10-24(37)35(22-6-11-28(30,31)12-7-22)17-16-33-14-9-20-4-5-23(36)25-26(20)39-27(38)34-25/h1-5,18,22,32-33,36H,6-17H2,(H,34,38). The fourth-order valence-electron chi connectivity index (χ4n) is 5.05. The van der Waals surface area contributed by atoms with Gasteiger partial charge in [-0.05, 0) is 68.1 Å². The Morgan fingerprint density at radius 2 is 1.82 bits per heavy atom. The van der Waals surface area contributed by atoms with Gasteiger partial charge in [-0.1, -0.05) is 29.5 Å². The lowest BCUT2D eigenvalue weighted by Gasteiger charge is -2.37. The van der Waals surface area contributed by atoms with E-state index in [2.05, 4.69) is 15.6 Å². The van der Waals surface area contributed by atoms with Crippen LogP contribution in [-0.4, -0.2) is 65.6 Å². The van der Waals surface area contributed by atoms with Crippen LogP contribution in [0.15, 0.2) is 41.2 Å². The summed E-state index contributed by atoms with van der Waals surface area (Å²) in [5, 5.41) is 16.5. The van der Waals surface area contributed by atoms with Gasteiger partial charge in [-0.3, -0.25) is 9.59 Å². The van der Waals surface area contributed by atoms with Crippen molar-refractivity contribution in [1.82, 2.24) is 20.5 Å². The summed E-state index contributed by atoms with van der Waals surface area (Å²) >= 11 is 1.06. The second-order valence-electron chi connectivity index (χ2n) is 10.0. The normalized spacial score (nSPS) is 15.6. The maximum absolute atomic E-state index is 13.8. The quantitative estimate of drug-likeness (QED) is 0.234. The number of hydrogen-bond donors (Lipinski definition) is 4. The number of benzene rings is 2. The third-order valence-electron chi connectivity index (χ3n) is 7.18. The molecule has 0 aliphatic heterocycles. The zero-order valence-electron chi connectivity index (χ0n) is 21.8. The molecular weight excluding hydrogens is 529 g/mol. The molecule has 11 heteroatoms. The molecule has 0 atom stereocenters. The van der Waals surface area contributed by atoms with Crippen molar-refractivity contribution >= 4 is 27.5 Å². The molecule has 2 aromatic carbocycles.